The van der Waals surface area contributed by atoms with Crippen LogP contribution >= 0.6 is 0 Å². The van der Waals surface area contributed by atoms with E-state index in [1.54, 1.807) is 0 Å². The number of urea groups is 1. The molecule has 0 bridgehead atoms. The fourth-order valence-corrected chi connectivity index (χ4v) is 1.94. The van der Waals surface area contributed by atoms with Crippen LogP contribution in [0.5, 0.6) is 0 Å². The first-order valence-electron chi connectivity index (χ1n) is 7.06. The second-order valence-corrected chi connectivity index (χ2v) is 4.88. The van der Waals surface area contributed by atoms with Crippen LogP contribution in [-0.2, 0) is 0 Å². The molecule has 0 aliphatic carbocycles. The van der Waals surface area contributed by atoms with Gasteiger partial charge in [0.2, 0.25) is 0 Å². The Morgan fingerprint density at radius 1 is 1.30 bits per heavy atom. The lowest BCUT2D eigenvalue weighted by molar-refractivity contribution is 0.249. The minimum Gasteiger partial charge on any atom is -0.338 e. The van der Waals surface area contributed by atoms with E-state index in [0.717, 1.165) is 37.8 Å². The Morgan fingerprint density at radius 2 is 2.05 bits per heavy atom. The molecule has 0 aliphatic rings. The Morgan fingerprint density at radius 3 is 2.65 bits per heavy atom. The molecule has 0 radical (unpaired) electrons. The Labute approximate surface area is 118 Å². The van der Waals surface area contributed by atoms with Crippen LogP contribution in [0.15, 0.2) is 18.2 Å². The van der Waals surface area contributed by atoms with Gasteiger partial charge < -0.3 is 10.6 Å². The molecule has 0 heterocycles. The molecule has 0 saturated carbocycles. The van der Waals surface area contributed by atoms with Crippen LogP contribution in [0, 0.1) is 17.6 Å². The van der Waals surface area contributed by atoms with Gasteiger partial charge in [-0.25, -0.2) is 13.6 Å². The van der Waals surface area contributed by atoms with Gasteiger partial charge in [-0.3, -0.25) is 0 Å². The molecule has 1 aromatic carbocycles. The highest BCUT2D eigenvalue weighted by atomic mass is 19.1. The van der Waals surface area contributed by atoms with E-state index in [2.05, 4.69) is 24.5 Å². The van der Waals surface area contributed by atoms with Gasteiger partial charge >= 0.3 is 6.03 Å². The van der Waals surface area contributed by atoms with E-state index in [9.17, 15) is 13.6 Å². The molecule has 0 aromatic heterocycles. The summed E-state index contributed by atoms with van der Waals surface area (Å²) in [7, 11) is 0. The number of rotatable bonds is 7. The van der Waals surface area contributed by atoms with Crippen LogP contribution in [0.4, 0.5) is 19.3 Å². The number of halogens is 2. The summed E-state index contributed by atoms with van der Waals surface area (Å²) in [5.41, 5.74) is -0.0227. The maximum atomic E-state index is 13.4. The maximum Gasteiger partial charge on any atom is 0.319 e. The van der Waals surface area contributed by atoms with E-state index < -0.39 is 17.7 Å². The fraction of sp³-hybridized carbons (Fsp3) is 0.533. The quantitative estimate of drug-likeness (QED) is 0.770. The molecule has 0 aliphatic heterocycles. The number of amides is 2. The lowest BCUT2D eigenvalue weighted by Gasteiger charge is -2.15. The number of hydrogen-bond acceptors (Lipinski definition) is 1. The summed E-state index contributed by atoms with van der Waals surface area (Å²) >= 11 is 0. The Hall–Kier alpha value is -1.65. The van der Waals surface area contributed by atoms with Crippen LogP contribution in [0.3, 0.4) is 0 Å². The van der Waals surface area contributed by atoms with Gasteiger partial charge in [0, 0.05) is 12.6 Å². The van der Waals surface area contributed by atoms with Crippen molar-refractivity contribution >= 4 is 11.7 Å². The van der Waals surface area contributed by atoms with Crippen molar-refractivity contribution in [3.63, 3.8) is 0 Å². The first-order chi connectivity index (χ1) is 9.56. The first-order valence-corrected chi connectivity index (χ1v) is 7.06. The zero-order chi connectivity index (χ0) is 15.0. The van der Waals surface area contributed by atoms with Crippen molar-refractivity contribution in [3.8, 4) is 0 Å². The maximum absolute atomic E-state index is 13.4. The zero-order valence-corrected chi connectivity index (χ0v) is 12.0. The third-order valence-corrected chi connectivity index (χ3v) is 3.27. The molecule has 1 rings (SSSR count). The second kappa shape index (κ2) is 8.51. The smallest absolute Gasteiger partial charge is 0.319 e. The van der Waals surface area contributed by atoms with Crippen LogP contribution in [0.1, 0.15) is 39.5 Å². The van der Waals surface area contributed by atoms with Crippen molar-refractivity contribution in [1.29, 1.82) is 0 Å². The molecule has 0 spiro atoms. The summed E-state index contributed by atoms with van der Waals surface area (Å²) in [4.78, 5) is 11.7. The van der Waals surface area contributed by atoms with E-state index in [-0.39, 0.29) is 5.69 Å². The lowest BCUT2D eigenvalue weighted by atomic mass is 9.99. The van der Waals surface area contributed by atoms with Crippen molar-refractivity contribution in [2.75, 3.05) is 11.9 Å². The van der Waals surface area contributed by atoms with Crippen molar-refractivity contribution in [2.45, 2.75) is 39.5 Å². The summed E-state index contributed by atoms with van der Waals surface area (Å²) in [5, 5.41) is 5.10. The van der Waals surface area contributed by atoms with Gasteiger partial charge in [-0.05, 0) is 24.5 Å². The molecule has 3 nitrogen and oxygen atoms in total. The van der Waals surface area contributed by atoms with Crippen molar-refractivity contribution in [3.05, 3.63) is 29.8 Å². The van der Waals surface area contributed by atoms with Crippen LogP contribution < -0.4 is 10.6 Å². The summed E-state index contributed by atoms with van der Waals surface area (Å²) in [6.45, 7) is 4.77. The van der Waals surface area contributed by atoms with E-state index in [1.807, 2.05) is 0 Å². The topological polar surface area (TPSA) is 41.1 Å². The lowest BCUT2D eigenvalue weighted by Crippen LogP contribution is -2.33. The van der Waals surface area contributed by atoms with Gasteiger partial charge in [-0.1, -0.05) is 33.1 Å². The highest BCUT2D eigenvalue weighted by Crippen LogP contribution is 2.15. The molecule has 1 aromatic rings. The molecule has 2 amide bonds. The second-order valence-electron chi connectivity index (χ2n) is 4.88. The van der Waals surface area contributed by atoms with Crippen molar-refractivity contribution < 1.29 is 13.6 Å². The number of carbonyl (C=O) groups is 1. The molecule has 1 atom stereocenters. The summed E-state index contributed by atoms with van der Waals surface area (Å²) in [5.74, 6) is -1.02. The monoisotopic (exact) mass is 284 g/mol. The van der Waals surface area contributed by atoms with E-state index in [1.165, 1.54) is 6.07 Å². The molecule has 20 heavy (non-hydrogen) atoms. The van der Waals surface area contributed by atoms with E-state index in [4.69, 9.17) is 0 Å². The predicted octanol–water partition coefficient (Wildman–Crippen LogP) is 4.30. The van der Waals surface area contributed by atoms with Crippen molar-refractivity contribution in [1.82, 2.24) is 5.32 Å². The molecule has 1 unspecified atom stereocenters. The van der Waals surface area contributed by atoms with Gasteiger partial charge in [0.15, 0.2) is 0 Å². The molecular formula is C15H22F2N2O. The van der Waals surface area contributed by atoms with Gasteiger partial charge in [0.1, 0.15) is 11.6 Å². The minimum atomic E-state index is -0.779. The highest BCUT2D eigenvalue weighted by Gasteiger charge is 2.10. The molecular weight excluding hydrogens is 262 g/mol. The van der Waals surface area contributed by atoms with Crippen LogP contribution in [-0.4, -0.2) is 12.6 Å². The Bertz CT molecular complexity index is 438. The largest absolute Gasteiger partial charge is 0.338 e. The van der Waals surface area contributed by atoms with Crippen LogP contribution in [0.2, 0.25) is 0 Å². The number of benzene rings is 1. The van der Waals surface area contributed by atoms with Gasteiger partial charge in [0.05, 0.1) is 5.69 Å². The Balaban J connectivity index is 2.43. The van der Waals surface area contributed by atoms with E-state index in [0.29, 0.717) is 12.5 Å². The average molecular weight is 284 g/mol. The normalized spacial score (nSPS) is 12.0. The standard InChI is InChI=1S/C15H22F2N2O/c1-3-5-6-11(4-2)10-18-15(20)19-14-8-7-12(16)9-13(14)17/h7-9,11H,3-6,10H2,1-2H3,(H2,18,19,20). The average Bonchev–Trinajstić information content (AvgIpc) is 2.42. The number of unbranched alkanes of at least 4 members (excludes halogenated alkanes) is 1. The first kappa shape index (κ1) is 16.4. The van der Waals surface area contributed by atoms with Gasteiger partial charge in [-0.15, -0.1) is 0 Å². The third-order valence-electron chi connectivity index (χ3n) is 3.27. The summed E-state index contributed by atoms with van der Waals surface area (Å²) < 4.78 is 26.1. The third kappa shape index (κ3) is 5.55. The van der Waals surface area contributed by atoms with Gasteiger partial charge in [0.25, 0.3) is 0 Å². The summed E-state index contributed by atoms with van der Waals surface area (Å²) in [6, 6.07) is 2.59. The molecule has 0 fully saturated rings. The predicted molar refractivity (Wildman–Crippen MR) is 76.7 cm³/mol. The number of hydrogen-bond donors (Lipinski definition) is 2. The number of nitrogens with one attached hydrogen (secondary N) is 2. The Kier molecular flexibility index (Phi) is 6.98. The highest BCUT2D eigenvalue weighted by molar-refractivity contribution is 5.89. The minimum absolute atomic E-state index is 0.0227. The molecule has 5 heteroatoms. The molecule has 0 saturated heterocycles. The number of carbonyl (C=O) groups excluding carboxylic acids is 1. The molecule has 112 valence electrons. The van der Waals surface area contributed by atoms with Gasteiger partial charge in [-0.2, -0.15) is 0 Å². The SMILES string of the molecule is CCCCC(CC)CNC(=O)Nc1ccc(F)cc1F. The van der Waals surface area contributed by atoms with E-state index >= 15 is 0 Å². The number of anilines is 1. The zero-order valence-electron chi connectivity index (χ0n) is 12.0. The fourth-order valence-electron chi connectivity index (χ4n) is 1.94. The summed E-state index contributed by atoms with van der Waals surface area (Å²) in [6.07, 6.45) is 4.32. The van der Waals surface area contributed by atoms with Crippen LogP contribution in [0.25, 0.3) is 0 Å². The molecule has 2 N–H and O–H groups in total. The van der Waals surface area contributed by atoms with Crippen molar-refractivity contribution in [2.24, 2.45) is 5.92 Å².